The molecule has 28 heavy (non-hydrogen) atoms. The number of amides is 1. The summed E-state index contributed by atoms with van der Waals surface area (Å²) >= 11 is 0. The van der Waals surface area contributed by atoms with Crippen LogP contribution in [0.3, 0.4) is 0 Å². The van der Waals surface area contributed by atoms with Crippen molar-refractivity contribution in [2.75, 3.05) is 44.2 Å². The highest BCUT2D eigenvalue weighted by Gasteiger charge is 2.19. The van der Waals surface area contributed by atoms with Gasteiger partial charge in [0.2, 0.25) is 5.91 Å². The molecule has 1 N–H and O–H groups in total. The third-order valence-electron chi connectivity index (χ3n) is 5.03. The zero-order valence-corrected chi connectivity index (χ0v) is 16.2. The van der Waals surface area contributed by atoms with Crippen molar-refractivity contribution < 1.29 is 14.0 Å². The van der Waals surface area contributed by atoms with Crippen LogP contribution in [-0.4, -0.2) is 55.9 Å². The summed E-state index contributed by atoms with van der Waals surface area (Å²) in [5, 5.41) is 2.93. The molecular weight excluding hydrogens is 357 g/mol. The minimum atomic E-state index is -0.248. The molecule has 0 aliphatic carbocycles. The van der Waals surface area contributed by atoms with Gasteiger partial charge in [-0.1, -0.05) is 12.1 Å². The lowest BCUT2D eigenvalue weighted by Gasteiger charge is -2.35. The summed E-state index contributed by atoms with van der Waals surface area (Å²) in [6.07, 6.45) is 0.691. The summed E-state index contributed by atoms with van der Waals surface area (Å²) in [6.45, 7) is 5.84. The van der Waals surface area contributed by atoms with Crippen molar-refractivity contribution in [2.24, 2.45) is 0 Å². The van der Waals surface area contributed by atoms with E-state index in [4.69, 9.17) is 0 Å². The van der Waals surface area contributed by atoms with Gasteiger partial charge in [-0.2, -0.15) is 0 Å². The number of nitrogens with one attached hydrogen (secondary N) is 1. The van der Waals surface area contributed by atoms with Crippen LogP contribution < -0.4 is 10.2 Å². The number of rotatable bonds is 7. The lowest BCUT2D eigenvalue weighted by Crippen LogP contribution is -2.49. The SMILES string of the molecule is CC(=O)c1ccc(N2CCN(CC(=O)NCCc3ccc(F)cc3)CC2)cc1. The Labute approximate surface area is 165 Å². The van der Waals surface area contributed by atoms with Gasteiger partial charge in [-0.25, -0.2) is 4.39 Å². The third-order valence-corrected chi connectivity index (χ3v) is 5.03. The van der Waals surface area contributed by atoms with Crippen molar-refractivity contribution >= 4 is 17.4 Å². The average Bonchev–Trinajstić information content (AvgIpc) is 2.70. The number of hydrogen-bond acceptors (Lipinski definition) is 4. The number of ketones is 1. The predicted octanol–water partition coefficient (Wildman–Crippen LogP) is 2.51. The number of nitrogens with zero attached hydrogens (tertiary/aromatic N) is 2. The molecule has 0 unspecified atom stereocenters. The standard InChI is InChI=1S/C22H26FN3O2/c1-17(27)19-4-8-21(9-5-19)26-14-12-25(13-15-26)16-22(28)24-11-10-18-2-6-20(23)7-3-18/h2-9H,10-16H2,1H3,(H,24,28). The zero-order valence-electron chi connectivity index (χ0n) is 16.2. The fourth-order valence-corrected chi connectivity index (χ4v) is 3.33. The molecule has 5 nitrogen and oxygen atoms in total. The summed E-state index contributed by atoms with van der Waals surface area (Å²) in [5.74, 6) is -0.162. The van der Waals surface area contributed by atoms with Crippen LogP contribution in [0.4, 0.5) is 10.1 Å². The quantitative estimate of drug-likeness (QED) is 0.747. The summed E-state index contributed by atoms with van der Waals surface area (Å²) in [5.41, 5.74) is 2.83. The van der Waals surface area contributed by atoms with Crippen LogP contribution in [0, 0.1) is 5.82 Å². The Kier molecular flexibility index (Phi) is 6.76. The van der Waals surface area contributed by atoms with Crippen molar-refractivity contribution in [1.82, 2.24) is 10.2 Å². The van der Waals surface area contributed by atoms with Gasteiger partial charge in [0.05, 0.1) is 6.54 Å². The second kappa shape index (κ2) is 9.46. The molecule has 1 heterocycles. The number of carbonyl (C=O) groups excluding carboxylic acids is 2. The van der Waals surface area contributed by atoms with Crippen LogP contribution in [0.2, 0.25) is 0 Å². The van der Waals surface area contributed by atoms with Gasteiger partial charge >= 0.3 is 0 Å². The molecule has 0 saturated carbocycles. The Morgan fingerprint density at radius 2 is 1.61 bits per heavy atom. The molecule has 148 valence electrons. The Morgan fingerprint density at radius 3 is 2.21 bits per heavy atom. The second-order valence-electron chi connectivity index (χ2n) is 7.09. The molecule has 0 bridgehead atoms. The minimum Gasteiger partial charge on any atom is -0.369 e. The monoisotopic (exact) mass is 383 g/mol. The predicted molar refractivity (Wildman–Crippen MR) is 108 cm³/mol. The first-order valence-corrected chi connectivity index (χ1v) is 9.61. The molecular formula is C22H26FN3O2. The van der Waals surface area contributed by atoms with E-state index in [0.717, 1.165) is 43.0 Å². The van der Waals surface area contributed by atoms with Crippen LogP contribution >= 0.6 is 0 Å². The van der Waals surface area contributed by atoms with Gasteiger partial charge in [0, 0.05) is 44.0 Å². The number of piperazine rings is 1. The van der Waals surface area contributed by atoms with Crippen molar-refractivity contribution in [1.29, 1.82) is 0 Å². The van der Waals surface area contributed by atoms with E-state index in [1.165, 1.54) is 12.1 Å². The summed E-state index contributed by atoms with van der Waals surface area (Å²) in [4.78, 5) is 27.9. The Morgan fingerprint density at radius 1 is 0.964 bits per heavy atom. The van der Waals surface area contributed by atoms with Crippen LogP contribution in [0.25, 0.3) is 0 Å². The molecule has 6 heteroatoms. The number of Topliss-reactive ketones (excluding diaryl/α,β-unsaturated/α-hetero) is 1. The van der Waals surface area contributed by atoms with E-state index in [0.29, 0.717) is 19.5 Å². The maximum absolute atomic E-state index is 12.9. The summed E-state index contributed by atoms with van der Waals surface area (Å²) < 4.78 is 12.9. The van der Waals surface area contributed by atoms with Crippen LogP contribution in [0.15, 0.2) is 48.5 Å². The summed E-state index contributed by atoms with van der Waals surface area (Å²) in [6, 6.07) is 14.0. The molecule has 1 saturated heterocycles. The van der Waals surface area contributed by atoms with Crippen molar-refractivity contribution in [2.45, 2.75) is 13.3 Å². The van der Waals surface area contributed by atoms with Crippen molar-refractivity contribution in [3.8, 4) is 0 Å². The molecule has 0 aromatic heterocycles. The summed E-state index contributed by atoms with van der Waals surface area (Å²) in [7, 11) is 0. The fourth-order valence-electron chi connectivity index (χ4n) is 3.33. The highest BCUT2D eigenvalue weighted by molar-refractivity contribution is 5.94. The highest BCUT2D eigenvalue weighted by Crippen LogP contribution is 2.17. The van der Waals surface area contributed by atoms with Gasteiger partial charge < -0.3 is 10.2 Å². The van der Waals surface area contributed by atoms with Crippen molar-refractivity contribution in [3.05, 3.63) is 65.5 Å². The first-order valence-electron chi connectivity index (χ1n) is 9.61. The Hall–Kier alpha value is -2.73. The highest BCUT2D eigenvalue weighted by atomic mass is 19.1. The number of benzene rings is 2. The third kappa shape index (κ3) is 5.63. The van der Waals surface area contributed by atoms with E-state index < -0.39 is 0 Å². The van der Waals surface area contributed by atoms with Crippen molar-refractivity contribution in [3.63, 3.8) is 0 Å². The Balaban J connectivity index is 1.38. The smallest absolute Gasteiger partial charge is 0.234 e. The van der Waals surface area contributed by atoms with Gasteiger partial charge in [0.1, 0.15) is 5.82 Å². The lowest BCUT2D eigenvalue weighted by molar-refractivity contribution is -0.122. The van der Waals surface area contributed by atoms with Gasteiger partial charge in [-0.3, -0.25) is 14.5 Å². The second-order valence-corrected chi connectivity index (χ2v) is 7.09. The molecule has 2 aromatic carbocycles. The van der Waals surface area contributed by atoms with E-state index in [-0.39, 0.29) is 17.5 Å². The van der Waals surface area contributed by atoms with Crippen LogP contribution in [-0.2, 0) is 11.2 Å². The molecule has 0 spiro atoms. The maximum atomic E-state index is 12.9. The average molecular weight is 383 g/mol. The first-order chi connectivity index (χ1) is 13.5. The van der Waals surface area contributed by atoms with E-state index in [1.807, 2.05) is 24.3 Å². The molecule has 0 radical (unpaired) electrons. The van der Waals surface area contributed by atoms with E-state index >= 15 is 0 Å². The van der Waals surface area contributed by atoms with Crippen LogP contribution in [0.1, 0.15) is 22.8 Å². The first kappa shape index (κ1) is 20.0. The van der Waals surface area contributed by atoms with Gasteiger partial charge in [0.15, 0.2) is 5.78 Å². The fraction of sp³-hybridized carbons (Fsp3) is 0.364. The number of halogens is 1. The van der Waals surface area contributed by atoms with E-state index in [9.17, 15) is 14.0 Å². The number of carbonyl (C=O) groups is 2. The minimum absolute atomic E-state index is 0.0152. The molecule has 1 amide bonds. The molecule has 1 fully saturated rings. The largest absolute Gasteiger partial charge is 0.369 e. The zero-order chi connectivity index (χ0) is 19.9. The molecule has 0 atom stereocenters. The normalized spacial score (nSPS) is 14.7. The number of anilines is 1. The van der Waals surface area contributed by atoms with E-state index in [2.05, 4.69) is 15.1 Å². The van der Waals surface area contributed by atoms with Gasteiger partial charge in [0.25, 0.3) is 0 Å². The van der Waals surface area contributed by atoms with Gasteiger partial charge in [-0.15, -0.1) is 0 Å². The van der Waals surface area contributed by atoms with Gasteiger partial charge in [-0.05, 0) is 55.3 Å². The lowest BCUT2D eigenvalue weighted by atomic mass is 10.1. The molecule has 1 aliphatic heterocycles. The topological polar surface area (TPSA) is 52.7 Å². The Bertz CT molecular complexity index is 798. The molecule has 2 aromatic rings. The molecule has 3 rings (SSSR count). The number of hydrogen-bond donors (Lipinski definition) is 1. The maximum Gasteiger partial charge on any atom is 0.234 e. The molecule has 1 aliphatic rings. The van der Waals surface area contributed by atoms with E-state index in [1.54, 1.807) is 19.1 Å². The van der Waals surface area contributed by atoms with Crippen LogP contribution in [0.5, 0.6) is 0 Å².